The minimum absolute atomic E-state index is 0.0740. The van der Waals surface area contributed by atoms with E-state index < -0.39 is 17.6 Å². The largest absolute Gasteiger partial charge is 0.480 e. The summed E-state index contributed by atoms with van der Waals surface area (Å²) in [6, 6.07) is 13.5. The molecule has 2 aliphatic rings. The first-order chi connectivity index (χ1) is 13.4. The molecule has 2 aliphatic heterocycles. The monoisotopic (exact) mass is 384 g/mol. The summed E-state index contributed by atoms with van der Waals surface area (Å²) in [5.41, 5.74) is 7.20. The van der Waals surface area contributed by atoms with E-state index in [9.17, 15) is 19.1 Å². The molecule has 2 aromatic rings. The highest BCUT2D eigenvalue weighted by molar-refractivity contribution is 5.86. The van der Waals surface area contributed by atoms with E-state index >= 15 is 0 Å². The highest BCUT2D eigenvalue weighted by Gasteiger charge is 2.48. The molecule has 0 spiro atoms. The maximum atomic E-state index is 13.4. The number of nitrogens with zero attached hydrogens (tertiary/aromatic N) is 1. The van der Waals surface area contributed by atoms with E-state index in [1.54, 1.807) is 17.0 Å². The molecule has 0 radical (unpaired) electrons. The molecule has 0 bridgehead atoms. The fourth-order valence-corrected chi connectivity index (χ4v) is 4.00. The van der Waals surface area contributed by atoms with Crippen molar-refractivity contribution in [2.75, 3.05) is 13.2 Å². The van der Waals surface area contributed by atoms with Crippen LogP contribution >= 0.6 is 0 Å². The number of nitrogens with two attached hydrogens (primary N) is 1. The Morgan fingerprint density at radius 2 is 1.89 bits per heavy atom. The zero-order valence-electron chi connectivity index (χ0n) is 15.2. The van der Waals surface area contributed by atoms with Crippen LogP contribution in [0.4, 0.5) is 4.39 Å². The smallest absolute Gasteiger partial charge is 0.326 e. The quantitative estimate of drug-likeness (QED) is 0.843. The van der Waals surface area contributed by atoms with Crippen LogP contribution in [0.1, 0.15) is 29.2 Å². The molecule has 3 atom stereocenters. The number of aliphatic carboxylic acids is 1. The molecule has 28 heavy (non-hydrogen) atoms. The first-order valence-electron chi connectivity index (χ1n) is 9.17. The van der Waals surface area contributed by atoms with E-state index in [2.05, 4.69) is 0 Å². The van der Waals surface area contributed by atoms with Crippen molar-refractivity contribution in [1.82, 2.24) is 4.90 Å². The summed E-state index contributed by atoms with van der Waals surface area (Å²) in [6.45, 7) is 0.257. The average molecular weight is 384 g/mol. The van der Waals surface area contributed by atoms with Gasteiger partial charge in [-0.05, 0) is 35.2 Å². The Bertz CT molecular complexity index is 917. The molecule has 2 aromatic carbocycles. The first-order valence-corrected chi connectivity index (χ1v) is 9.17. The van der Waals surface area contributed by atoms with Gasteiger partial charge in [0, 0.05) is 13.0 Å². The predicted octanol–water partition coefficient (Wildman–Crippen LogP) is 1.87. The number of hydrogen-bond acceptors (Lipinski definition) is 4. The van der Waals surface area contributed by atoms with Crippen molar-refractivity contribution in [3.05, 3.63) is 71.0 Å². The van der Waals surface area contributed by atoms with Crippen LogP contribution in [0, 0.1) is 5.82 Å². The van der Waals surface area contributed by atoms with Gasteiger partial charge < -0.3 is 20.5 Å². The van der Waals surface area contributed by atoms with Gasteiger partial charge in [-0.3, -0.25) is 9.59 Å². The van der Waals surface area contributed by atoms with E-state index in [0.29, 0.717) is 13.0 Å². The maximum Gasteiger partial charge on any atom is 0.326 e. The number of rotatable bonds is 3. The maximum absolute atomic E-state index is 13.4. The van der Waals surface area contributed by atoms with Crippen LogP contribution in [-0.4, -0.2) is 46.7 Å². The van der Waals surface area contributed by atoms with Gasteiger partial charge in [0.25, 0.3) is 5.91 Å². The summed E-state index contributed by atoms with van der Waals surface area (Å²) >= 11 is 0. The third-order valence-corrected chi connectivity index (χ3v) is 5.55. The molecule has 2 heterocycles. The molecule has 7 heteroatoms. The summed E-state index contributed by atoms with van der Waals surface area (Å²) in [7, 11) is 0. The molecule has 4 rings (SSSR count). The lowest BCUT2D eigenvalue weighted by Crippen LogP contribution is -2.50. The summed E-state index contributed by atoms with van der Waals surface area (Å²) in [5.74, 6) is -1.82. The molecule has 0 aromatic heterocycles. The van der Waals surface area contributed by atoms with Crippen molar-refractivity contribution in [1.29, 1.82) is 0 Å². The van der Waals surface area contributed by atoms with Gasteiger partial charge in [0.1, 0.15) is 17.5 Å². The van der Waals surface area contributed by atoms with Gasteiger partial charge in [-0.25, -0.2) is 4.39 Å². The molecule has 0 saturated carbocycles. The van der Waals surface area contributed by atoms with E-state index in [-0.39, 0.29) is 30.8 Å². The summed E-state index contributed by atoms with van der Waals surface area (Å²) < 4.78 is 18.9. The zero-order valence-corrected chi connectivity index (χ0v) is 15.2. The van der Waals surface area contributed by atoms with Crippen LogP contribution in [0.25, 0.3) is 0 Å². The lowest BCUT2D eigenvalue weighted by molar-refractivity contribution is -0.144. The topological polar surface area (TPSA) is 92.9 Å². The average Bonchev–Trinajstić information content (AvgIpc) is 3.11. The molecule has 1 amide bonds. The number of ether oxygens (including phenoxy) is 1. The number of benzene rings is 2. The second-order valence-corrected chi connectivity index (χ2v) is 7.40. The Kier molecular flexibility index (Phi) is 4.64. The van der Waals surface area contributed by atoms with Gasteiger partial charge in [0.05, 0.1) is 12.6 Å². The van der Waals surface area contributed by atoms with Gasteiger partial charge in [-0.2, -0.15) is 0 Å². The molecule has 0 unspecified atom stereocenters. The second kappa shape index (κ2) is 7.00. The summed E-state index contributed by atoms with van der Waals surface area (Å²) in [6.07, 6.45) is -0.302. The highest BCUT2D eigenvalue weighted by atomic mass is 19.1. The highest BCUT2D eigenvalue weighted by Crippen LogP contribution is 2.37. The van der Waals surface area contributed by atoms with Crippen molar-refractivity contribution in [2.45, 2.75) is 30.5 Å². The molecular formula is C21H21FN2O4. The number of fused-ring (bicyclic) bond motifs is 1. The van der Waals surface area contributed by atoms with Gasteiger partial charge in [-0.1, -0.05) is 36.4 Å². The Morgan fingerprint density at radius 1 is 1.18 bits per heavy atom. The van der Waals surface area contributed by atoms with Crippen LogP contribution in [0.15, 0.2) is 48.5 Å². The second-order valence-electron chi connectivity index (χ2n) is 7.40. The number of carboxylic acid groups (broad SMARTS) is 1. The molecule has 3 N–H and O–H groups in total. The van der Waals surface area contributed by atoms with E-state index in [4.69, 9.17) is 10.5 Å². The van der Waals surface area contributed by atoms with Crippen LogP contribution in [0.3, 0.4) is 0 Å². The number of halogens is 1. The molecule has 146 valence electrons. The predicted molar refractivity (Wildman–Crippen MR) is 99.0 cm³/mol. The van der Waals surface area contributed by atoms with Crippen molar-refractivity contribution >= 4 is 11.9 Å². The standard InChI is InChI=1S/C21H21FN2O4/c22-15-7-5-14(6-8-15)18-16-4-2-1-3-13(16)9-10-24(18)19(25)17-11-21(23,12-28-17)20(26)27/h1-8,17-18H,9-12,23H2,(H,26,27)/t17-,18+,21-/m1/s1. The van der Waals surface area contributed by atoms with Crippen LogP contribution < -0.4 is 5.73 Å². The number of carboxylic acids is 1. The molecule has 1 fully saturated rings. The number of carbonyl (C=O) groups is 2. The Morgan fingerprint density at radius 3 is 2.57 bits per heavy atom. The Labute approximate surface area is 161 Å². The van der Waals surface area contributed by atoms with Gasteiger partial charge in [-0.15, -0.1) is 0 Å². The van der Waals surface area contributed by atoms with Gasteiger partial charge in [0.15, 0.2) is 0 Å². The minimum Gasteiger partial charge on any atom is -0.480 e. The van der Waals surface area contributed by atoms with Crippen LogP contribution in [0.5, 0.6) is 0 Å². The Balaban J connectivity index is 1.68. The van der Waals surface area contributed by atoms with Crippen molar-refractivity contribution in [2.24, 2.45) is 5.73 Å². The fraction of sp³-hybridized carbons (Fsp3) is 0.333. The molecule has 0 aliphatic carbocycles. The SMILES string of the molecule is N[C@@]1(C(=O)O)CO[C@@H](C(=O)N2CCc3ccccc3[C@@H]2c2ccc(F)cc2)C1. The van der Waals surface area contributed by atoms with Crippen LogP contribution in [0.2, 0.25) is 0 Å². The van der Waals surface area contributed by atoms with Gasteiger partial charge >= 0.3 is 5.97 Å². The van der Waals surface area contributed by atoms with Crippen molar-refractivity contribution in [3.63, 3.8) is 0 Å². The molecule has 6 nitrogen and oxygen atoms in total. The van der Waals surface area contributed by atoms with E-state index in [0.717, 1.165) is 16.7 Å². The zero-order chi connectivity index (χ0) is 19.9. The van der Waals surface area contributed by atoms with Crippen LogP contribution in [-0.2, 0) is 20.7 Å². The Hall–Kier alpha value is -2.77. The van der Waals surface area contributed by atoms with Crippen molar-refractivity contribution < 1.29 is 23.8 Å². The lowest BCUT2D eigenvalue weighted by atomic mass is 9.87. The van der Waals surface area contributed by atoms with E-state index in [1.165, 1.54) is 12.1 Å². The molecular weight excluding hydrogens is 363 g/mol. The van der Waals surface area contributed by atoms with Gasteiger partial charge in [0.2, 0.25) is 0 Å². The third kappa shape index (κ3) is 3.16. The van der Waals surface area contributed by atoms with E-state index in [1.807, 2.05) is 24.3 Å². The summed E-state index contributed by atoms with van der Waals surface area (Å²) in [5, 5.41) is 9.30. The number of amides is 1. The number of carbonyl (C=O) groups excluding carboxylic acids is 1. The number of hydrogen-bond donors (Lipinski definition) is 2. The third-order valence-electron chi connectivity index (χ3n) is 5.55. The first kappa shape index (κ1) is 18.6. The van der Waals surface area contributed by atoms with Crippen molar-refractivity contribution in [3.8, 4) is 0 Å². The minimum atomic E-state index is -1.56. The lowest BCUT2D eigenvalue weighted by Gasteiger charge is -2.39. The fourth-order valence-electron chi connectivity index (χ4n) is 4.00. The normalized spacial score (nSPS) is 26.7. The molecule has 1 saturated heterocycles. The summed E-state index contributed by atoms with van der Waals surface area (Å²) in [4.78, 5) is 26.3.